The highest BCUT2D eigenvalue weighted by molar-refractivity contribution is 9.10. The largest absolute Gasteiger partial charge is 0.495 e. The van der Waals surface area contributed by atoms with E-state index in [9.17, 15) is 4.79 Å². The van der Waals surface area contributed by atoms with Crippen LogP contribution in [0.3, 0.4) is 0 Å². The lowest BCUT2D eigenvalue weighted by Crippen LogP contribution is -2.32. The molecule has 2 aromatic rings. The van der Waals surface area contributed by atoms with Crippen LogP contribution in [0.2, 0.25) is 5.02 Å². The Bertz CT molecular complexity index is 812. The summed E-state index contributed by atoms with van der Waals surface area (Å²) < 4.78 is 6.26. The number of fused-ring (bicyclic) bond motifs is 1. The van der Waals surface area contributed by atoms with Crippen molar-refractivity contribution in [2.45, 2.75) is 25.0 Å². The van der Waals surface area contributed by atoms with Crippen molar-refractivity contribution in [3.05, 3.63) is 57.5 Å². The SMILES string of the molecule is COc1ccc(N2C(=O)C3CCCN3C2c2ccc(Br)cc2)cc1Cl. The summed E-state index contributed by atoms with van der Waals surface area (Å²) in [5, 5.41) is 0.509. The zero-order valence-corrected chi connectivity index (χ0v) is 16.1. The minimum Gasteiger partial charge on any atom is -0.495 e. The molecule has 2 unspecified atom stereocenters. The third-order valence-corrected chi connectivity index (χ3v) is 5.78. The van der Waals surface area contributed by atoms with Gasteiger partial charge in [-0.25, -0.2) is 0 Å². The number of halogens is 2. The average molecular weight is 422 g/mol. The van der Waals surface area contributed by atoms with E-state index in [1.807, 2.05) is 35.2 Å². The Labute approximate surface area is 160 Å². The van der Waals surface area contributed by atoms with Crippen molar-refractivity contribution in [3.8, 4) is 5.75 Å². The molecule has 25 heavy (non-hydrogen) atoms. The van der Waals surface area contributed by atoms with Gasteiger partial charge in [-0.05, 0) is 48.7 Å². The van der Waals surface area contributed by atoms with E-state index < -0.39 is 0 Å². The maximum absolute atomic E-state index is 13.1. The zero-order chi connectivity index (χ0) is 17.6. The molecule has 2 atom stereocenters. The fourth-order valence-electron chi connectivity index (χ4n) is 3.83. The van der Waals surface area contributed by atoms with E-state index in [-0.39, 0.29) is 18.1 Å². The lowest BCUT2D eigenvalue weighted by atomic mass is 10.1. The lowest BCUT2D eigenvalue weighted by molar-refractivity contribution is -0.119. The van der Waals surface area contributed by atoms with Crippen molar-refractivity contribution in [3.63, 3.8) is 0 Å². The number of amides is 1. The van der Waals surface area contributed by atoms with Gasteiger partial charge < -0.3 is 4.74 Å². The van der Waals surface area contributed by atoms with E-state index in [1.165, 1.54) is 0 Å². The van der Waals surface area contributed by atoms with Crippen LogP contribution in [0.5, 0.6) is 5.75 Å². The Balaban J connectivity index is 1.79. The van der Waals surface area contributed by atoms with Crippen molar-refractivity contribution >= 4 is 39.1 Å². The first kappa shape index (κ1) is 16.9. The van der Waals surface area contributed by atoms with Gasteiger partial charge in [-0.15, -0.1) is 0 Å². The van der Waals surface area contributed by atoms with Gasteiger partial charge in [0.25, 0.3) is 0 Å². The zero-order valence-electron chi connectivity index (χ0n) is 13.8. The van der Waals surface area contributed by atoms with Crippen LogP contribution in [-0.2, 0) is 4.79 Å². The lowest BCUT2D eigenvalue weighted by Gasteiger charge is -2.30. The van der Waals surface area contributed by atoms with Crippen molar-refractivity contribution in [2.24, 2.45) is 0 Å². The number of carbonyl (C=O) groups is 1. The molecule has 4 rings (SSSR count). The van der Waals surface area contributed by atoms with Crippen molar-refractivity contribution < 1.29 is 9.53 Å². The fraction of sp³-hybridized carbons (Fsp3) is 0.316. The third-order valence-electron chi connectivity index (χ3n) is 4.96. The molecular formula is C19H18BrClN2O2. The van der Waals surface area contributed by atoms with E-state index in [0.29, 0.717) is 10.8 Å². The highest BCUT2D eigenvalue weighted by Gasteiger charge is 2.49. The maximum atomic E-state index is 13.1. The van der Waals surface area contributed by atoms with Gasteiger partial charge in [0, 0.05) is 16.7 Å². The van der Waals surface area contributed by atoms with Crippen molar-refractivity contribution in [1.82, 2.24) is 4.90 Å². The van der Waals surface area contributed by atoms with Crippen LogP contribution in [0.4, 0.5) is 5.69 Å². The van der Waals surface area contributed by atoms with E-state index in [4.69, 9.17) is 16.3 Å². The summed E-state index contributed by atoms with van der Waals surface area (Å²) in [4.78, 5) is 17.3. The highest BCUT2D eigenvalue weighted by atomic mass is 79.9. The Morgan fingerprint density at radius 3 is 2.64 bits per heavy atom. The first-order valence-corrected chi connectivity index (χ1v) is 9.45. The normalized spacial score (nSPS) is 23.2. The maximum Gasteiger partial charge on any atom is 0.246 e. The van der Waals surface area contributed by atoms with E-state index >= 15 is 0 Å². The second kappa shape index (κ2) is 6.63. The minimum absolute atomic E-state index is 0.0467. The standard InChI is InChI=1S/C19H18BrClN2O2/c1-25-17-9-8-14(11-15(17)21)23-18(12-4-6-13(20)7-5-12)22-10-2-3-16(22)19(23)24/h4-9,11,16,18H,2-3,10H2,1H3. The number of ether oxygens (including phenoxy) is 1. The van der Waals surface area contributed by atoms with Crippen molar-refractivity contribution in [2.75, 3.05) is 18.6 Å². The van der Waals surface area contributed by atoms with Gasteiger partial charge in [0.2, 0.25) is 5.91 Å². The molecule has 2 fully saturated rings. The van der Waals surface area contributed by atoms with E-state index in [0.717, 1.165) is 35.1 Å². The van der Waals surface area contributed by atoms with E-state index in [1.54, 1.807) is 7.11 Å². The van der Waals surface area contributed by atoms with Crippen molar-refractivity contribution in [1.29, 1.82) is 0 Å². The van der Waals surface area contributed by atoms with Crippen LogP contribution < -0.4 is 9.64 Å². The van der Waals surface area contributed by atoms with Crippen LogP contribution in [0, 0.1) is 0 Å². The molecule has 2 aliphatic rings. The molecule has 0 aliphatic carbocycles. The Morgan fingerprint density at radius 2 is 1.96 bits per heavy atom. The topological polar surface area (TPSA) is 32.8 Å². The molecule has 0 N–H and O–H groups in total. The Hall–Kier alpha value is -1.56. The van der Waals surface area contributed by atoms with Crippen LogP contribution in [0.15, 0.2) is 46.9 Å². The summed E-state index contributed by atoms with van der Waals surface area (Å²) in [6.07, 6.45) is 1.87. The smallest absolute Gasteiger partial charge is 0.246 e. The third kappa shape index (κ3) is 2.84. The fourth-order valence-corrected chi connectivity index (χ4v) is 4.34. The van der Waals surface area contributed by atoms with Crippen LogP contribution in [-0.4, -0.2) is 30.5 Å². The summed E-state index contributed by atoms with van der Waals surface area (Å²) >= 11 is 9.79. The second-order valence-corrected chi connectivity index (χ2v) is 7.67. The molecule has 0 saturated carbocycles. The van der Waals surface area contributed by atoms with Gasteiger partial charge in [-0.1, -0.05) is 39.7 Å². The summed E-state index contributed by atoms with van der Waals surface area (Å²) in [5.74, 6) is 0.754. The highest BCUT2D eigenvalue weighted by Crippen LogP contribution is 2.43. The van der Waals surface area contributed by atoms with Crippen LogP contribution in [0.1, 0.15) is 24.6 Å². The molecule has 0 bridgehead atoms. The van der Waals surface area contributed by atoms with Gasteiger partial charge in [0.05, 0.1) is 18.2 Å². The molecule has 2 heterocycles. The first-order valence-electron chi connectivity index (χ1n) is 8.28. The number of rotatable bonds is 3. The van der Waals surface area contributed by atoms with Crippen LogP contribution in [0.25, 0.3) is 0 Å². The Kier molecular flexibility index (Phi) is 4.48. The first-order chi connectivity index (χ1) is 12.1. The number of methoxy groups -OCH3 is 1. The number of nitrogens with zero attached hydrogens (tertiary/aromatic N) is 2. The van der Waals surface area contributed by atoms with Crippen LogP contribution >= 0.6 is 27.5 Å². The molecule has 2 aliphatic heterocycles. The van der Waals surface area contributed by atoms with E-state index in [2.05, 4.69) is 33.0 Å². The number of carbonyl (C=O) groups excluding carboxylic acids is 1. The molecule has 0 aromatic heterocycles. The van der Waals surface area contributed by atoms with Gasteiger partial charge in [-0.2, -0.15) is 0 Å². The predicted molar refractivity (Wildman–Crippen MR) is 102 cm³/mol. The molecule has 2 aromatic carbocycles. The summed E-state index contributed by atoms with van der Waals surface area (Å²) in [6.45, 7) is 0.928. The molecule has 0 spiro atoms. The molecule has 2 saturated heterocycles. The second-order valence-electron chi connectivity index (χ2n) is 6.35. The predicted octanol–water partition coefficient (Wildman–Crippen LogP) is 4.62. The number of benzene rings is 2. The number of anilines is 1. The summed E-state index contributed by atoms with van der Waals surface area (Å²) in [7, 11) is 1.59. The minimum atomic E-state index is -0.0995. The molecule has 1 amide bonds. The van der Waals surface area contributed by atoms with Gasteiger partial charge in [0.1, 0.15) is 11.9 Å². The van der Waals surface area contributed by atoms with Gasteiger partial charge in [0.15, 0.2) is 0 Å². The Morgan fingerprint density at radius 1 is 1.20 bits per heavy atom. The van der Waals surface area contributed by atoms with Gasteiger partial charge in [-0.3, -0.25) is 14.6 Å². The summed E-state index contributed by atoms with van der Waals surface area (Å²) in [6, 6.07) is 13.7. The monoisotopic (exact) mass is 420 g/mol. The molecule has 130 valence electrons. The number of hydrogen-bond acceptors (Lipinski definition) is 3. The quantitative estimate of drug-likeness (QED) is 0.725. The molecule has 4 nitrogen and oxygen atoms in total. The summed E-state index contributed by atoms with van der Waals surface area (Å²) in [5.41, 5.74) is 1.91. The average Bonchev–Trinajstić information content (AvgIpc) is 3.18. The molecule has 6 heteroatoms. The molecular weight excluding hydrogens is 404 g/mol. The number of hydrogen-bond donors (Lipinski definition) is 0. The van der Waals surface area contributed by atoms with Gasteiger partial charge >= 0.3 is 0 Å². The molecule has 0 radical (unpaired) electrons.